The van der Waals surface area contributed by atoms with Gasteiger partial charge in [-0.05, 0) is 38.5 Å². The molecule has 1 aliphatic heterocycles. The molecule has 1 atom stereocenters. The fourth-order valence-electron chi connectivity index (χ4n) is 3.03. The minimum atomic E-state index is 0. The Kier molecular flexibility index (Phi) is 6.86. The smallest absolute Gasteiger partial charge is 0.191 e. The summed E-state index contributed by atoms with van der Waals surface area (Å²) in [4.78, 5) is 4.32. The maximum Gasteiger partial charge on any atom is 0.191 e. The lowest BCUT2D eigenvalue weighted by atomic mass is 10.1. The number of aliphatic imine (C=N–C) groups is 1. The van der Waals surface area contributed by atoms with E-state index in [9.17, 15) is 0 Å². The van der Waals surface area contributed by atoms with Gasteiger partial charge in [0.15, 0.2) is 5.96 Å². The van der Waals surface area contributed by atoms with Crippen LogP contribution in [0.3, 0.4) is 0 Å². The van der Waals surface area contributed by atoms with Crippen molar-refractivity contribution in [3.63, 3.8) is 0 Å². The van der Waals surface area contributed by atoms with Crippen LogP contribution >= 0.6 is 35.7 Å². The lowest BCUT2D eigenvalue weighted by molar-refractivity contribution is 0.531. The van der Waals surface area contributed by atoms with E-state index in [1.165, 1.54) is 29.5 Å². The van der Waals surface area contributed by atoms with E-state index in [1.54, 1.807) is 0 Å². The molecular formula is C18H26IN3OS. The Labute approximate surface area is 165 Å². The molecule has 24 heavy (non-hydrogen) atoms. The molecule has 1 unspecified atom stereocenters. The highest BCUT2D eigenvalue weighted by molar-refractivity contribution is 14.0. The largest absolute Gasteiger partial charge is 0.459 e. The fraction of sp³-hybridized carbons (Fsp3) is 0.500. The zero-order chi connectivity index (χ0) is 16.3. The van der Waals surface area contributed by atoms with Crippen molar-refractivity contribution in [2.75, 3.05) is 19.3 Å². The van der Waals surface area contributed by atoms with E-state index in [4.69, 9.17) is 4.42 Å². The van der Waals surface area contributed by atoms with Gasteiger partial charge >= 0.3 is 0 Å². The average molecular weight is 459 g/mol. The van der Waals surface area contributed by atoms with Crippen LogP contribution in [0.2, 0.25) is 0 Å². The Morgan fingerprint density at radius 3 is 2.79 bits per heavy atom. The van der Waals surface area contributed by atoms with Gasteiger partial charge in [0.2, 0.25) is 0 Å². The second kappa shape index (κ2) is 8.47. The van der Waals surface area contributed by atoms with Crippen molar-refractivity contribution in [2.45, 2.75) is 38.0 Å². The van der Waals surface area contributed by atoms with Gasteiger partial charge in [0, 0.05) is 29.3 Å². The van der Waals surface area contributed by atoms with E-state index in [1.807, 2.05) is 25.2 Å². The van der Waals surface area contributed by atoms with Gasteiger partial charge in [-0.2, -0.15) is 11.8 Å². The van der Waals surface area contributed by atoms with Crippen molar-refractivity contribution in [1.82, 2.24) is 10.6 Å². The van der Waals surface area contributed by atoms with Crippen LogP contribution in [-0.4, -0.2) is 30.1 Å². The summed E-state index contributed by atoms with van der Waals surface area (Å²) in [6, 6.07) is 8.16. The van der Waals surface area contributed by atoms with Gasteiger partial charge in [0.25, 0.3) is 0 Å². The number of guanidine groups is 1. The lowest BCUT2D eigenvalue weighted by Gasteiger charge is -2.24. The third-order valence-electron chi connectivity index (χ3n) is 4.51. The van der Waals surface area contributed by atoms with Crippen molar-refractivity contribution in [2.24, 2.45) is 4.99 Å². The Hall–Kier alpha value is -0.890. The summed E-state index contributed by atoms with van der Waals surface area (Å²) in [5.41, 5.74) is 2.14. The van der Waals surface area contributed by atoms with Crippen LogP contribution in [0.1, 0.15) is 31.1 Å². The van der Waals surface area contributed by atoms with Crippen molar-refractivity contribution >= 4 is 52.7 Å². The van der Waals surface area contributed by atoms with Crippen molar-refractivity contribution in [3.8, 4) is 0 Å². The second-order valence-corrected chi connectivity index (χ2v) is 8.01. The normalized spacial score (nSPS) is 20.9. The maximum absolute atomic E-state index is 5.94. The number of benzene rings is 1. The molecule has 6 heteroatoms. The SMILES string of the molecule is CN=C(NCc1oc2ccccc2c1C)NCC1(C)CCCS1.I. The van der Waals surface area contributed by atoms with Crippen molar-refractivity contribution < 1.29 is 4.42 Å². The van der Waals surface area contributed by atoms with E-state index in [0.717, 1.165) is 23.8 Å². The third kappa shape index (κ3) is 4.39. The predicted octanol–water partition coefficient (Wildman–Crippen LogP) is 4.31. The van der Waals surface area contributed by atoms with Crippen LogP contribution in [0.4, 0.5) is 0 Å². The van der Waals surface area contributed by atoms with Gasteiger partial charge in [0.05, 0.1) is 6.54 Å². The highest BCUT2D eigenvalue weighted by Crippen LogP contribution is 2.36. The third-order valence-corrected chi connectivity index (χ3v) is 6.05. The fourth-order valence-corrected chi connectivity index (χ4v) is 4.27. The molecule has 0 bridgehead atoms. The van der Waals surface area contributed by atoms with Crippen molar-refractivity contribution in [3.05, 3.63) is 35.6 Å². The molecule has 1 aromatic heterocycles. The van der Waals surface area contributed by atoms with Crippen LogP contribution in [0.5, 0.6) is 0 Å². The second-order valence-electron chi connectivity index (χ2n) is 6.33. The summed E-state index contributed by atoms with van der Waals surface area (Å²) in [5, 5.41) is 8.00. The minimum absolute atomic E-state index is 0. The molecule has 0 spiro atoms. The van der Waals surface area contributed by atoms with E-state index in [-0.39, 0.29) is 24.0 Å². The van der Waals surface area contributed by atoms with E-state index < -0.39 is 0 Å². The van der Waals surface area contributed by atoms with Crippen LogP contribution in [0.25, 0.3) is 11.0 Å². The molecule has 1 aliphatic rings. The molecule has 132 valence electrons. The monoisotopic (exact) mass is 459 g/mol. The van der Waals surface area contributed by atoms with Gasteiger partial charge in [-0.25, -0.2) is 0 Å². The average Bonchev–Trinajstić information content (AvgIpc) is 3.13. The summed E-state index contributed by atoms with van der Waals surface area (Å²) in [6.45, 7) is 6.02. The zero-order valence-electron chi connectivity index (χ0n) is 14.5. The number of hydrogen-bond donors (Lipinski definition) is 2. The molecule has 1 saturated heterocycles. The minimum Gasteiger partial charge on any atom is -0.459 e. The lowest BCUT2D eigenvalue weighted by Crippen LogP contribution is -2.43. The maximum atomic E-state index is 5.94. The zero-order valence-corrected chi connectivity index (χ0v) is 17.7. The summed E-state index contributed by atoms with van der Waals surface area (Å²) in [7, 11) is 1.81. The first kappa shape index (κ1) is 19.4. The number of nitrogens with zero attached hydrogens (tertiary/aromatic N) is 1. The summed E-state index contributed by atoms with van der Waals surface area (Å²) < 4.78 is 6.27. The Morgan fingerprint density at radius 2 is 2.12 bits per heavy atom. The summed E-state index contributed by atoms with van der Waals surface area (Å²) in [6.07, 6.45) is 2.58. The number of hydrogen-bond acceptors (Lipinski definition) is 3. The Balaban J connectivity index is 0.00000208. The number of halogens is 1. The van der Waals surface area contributed by atoms with Crippen LogP contribution in [0.15, 0.2) is 33.7 Å². The molecule has 4 nitrogen and oxygen atoms in total. The number of aryl methyl sites for hydroxylation is 1. The van der Waals surface area contributed by atoms with Gasteiger partial charge in [-0.1, -0.05) is 18.2 Å². The highest BCUT2D eigenvalue weighted by atomic mass is 127. The first-order chi connectivity index (χ1) is 11.1. The first-order valence-electron chi connectivity index (χ1n) is 8.17. The molecule has 3 rings (SSSR count). The van der Waals surface area contributed by atoms with E-state index in [2.05, 4.69) is 47.3 Å². The van der Waals surface area contributed by atoms with Gasteiger partial charge in [0.1, 0.15) is 11.3 Å². The predicted molar refractivity (Wildman–Crippen MR) is 115 cm³/mol. The quantitative estimate of drug-likeness (QED) is 0.407. The van der Waals surface area contributed by atoms with Crippen LogP contribution in [-0.2, 0) is 6.54 Å². The highest BCUT2D eigenvalue weighted by Gasteiger charge is 2.29. The number of furan rings is 1. The van der Waals surface area contributed by atoms with Gasteiger partial charge in [-0.3, -0.25) is 4.99 Å². The number of fused-ring (bicyclic) bond motifs is 1. The Bertz CT molecular complexity index is 707. The van der Waals surface area contributed by atoms with Gasteiger partial charge < -0.3 is 15.1 Å². The topological polar surface area (TPSA) is 49.6 Å². The molecule has 0 saturated carbocycles. The number of nitrogens with one attached hydrogen (secondary N) is 2. The molecule has 0 radical (unpaired) electrons. The molecule has 2 N–H and O–H groups in total. The number of rotatable bonds is 4. The molecule has 1 aromatic carbocycles. The van der Waals surface area contributed by atoms with E-state index in [0.29, 0.717) is 11.3 Å². The Morgan fingerprint density at radius 1 is 1.33 bits per heavy atom. The molecule has 0 aliphatic carbocycles. The number of para-hydroxylation sites is 1. The number of thioether (sulfide) groups is 1. The summed E-state index contributed by atoms with van der Waals surface area (Å²) in [5.74, 6) is 3.07. The van der Waals surface area contributed by atoms with E-state index >= 15 is 0 Å². The van der Waals surface area contributed by atoms with Crippen LogP contribution < -0.4 is 10.6 Å². The van der Waals surface area contributed by atoms with Crippen molar-refractivity contribution in [1.29, 1.82) is 0 Å². The summed E-state index contributed by atoms with van der Waals surface area (Å²) >= 11 is 2.05. The molecule has 2 heterocycles. The first-order valence-corrected chi connectivity index (χ1v) is 9.15. The standard InChI is InChI=1S/C18H25N3OS.HI/c1-13-14-7-4-5-8-15(14)22-16(13)11-20-17(19-3)21-12-18(2)9-6-10-23-18;/h4-5,7-8H,6,9-12H2,1-3H3,(H2,19,20,21);1H. The molecule has 1 fully saturated rings. The van der Waals surface area contributed by atoms with Gasteiger partial charge in [-0.15, -0.1) is 24.0 Å². The molecule has 0 amide bonds. The van der Waals surface area contributed by atoms with Crippen LogP contribution in [0, 0.1) is 6.92 Å². The molecular weight excluding hydrogens is 433 g/mol. The molecule has 2 aromatic rings.